The monoisotopic (exact) mass is 311 g/mol. The minimum atomic E-state index is -3.35. The second kappa shape index (κ2) is 5.20. The highest BCUT2D eigenvalue weighted by atomic mass is 35.5. The minimum absolute atomic E-state index is 0.0307. The van der Waals surface area contributed by atoms with Crippen molar-refractivity contribution in [1.29, 1.82) is 0 Å². The van der Waals surface area contributed by atoms with Crippen molar-refractivity contribution in [3.05, 3.63) is 52.6 Å². The summed E-state index contributed by atoms with van der Waals surface area (Å²) in [6.45, 7) is 0.832. The molecule has 2 heterocycles. The summed E-state index contributed by atoms with van der Waals surface area (Å²) in [6, 6.07) is 6.95. The lowest BCUT2D eigenvalue weighted by molar-refractivity contribution is 0.385. The average Bonchev–Trinajstić information content (AvgIpc) is 2.85. The molecule has 0 radical (unpaired) electrons. The zero-order valence-corrected chi connectivity index (χ0v) is 12.3. The number of nitrogens with zero attached hydrogens (tertiary/aromatic N) is 2. The summed E-state index contributed by atoms with van der Waals surface area (Å²) in [5, 5.41) is 0.548. The first-order valence-electron chi connectivity index (χ1n) is 6.28. The second-order valence-corrected chi connectivity index (χ2v) is 7.20. The number of H-pyrrole nitrogens is 1. The van der Waals surface area contributed by atoms with E-state index in [1.54, 1.807) is 30.6 Å². The third-order valence-electron chi connectivity index (χ3n) is 3.37. The molecule has 20 heavy (non-hydrogen) atoms. The van der Waals surface area contributed by atoms with E-state index in [2.05, 4.69) is 9.97 Å². The molecular formula is C13H14ClN3O2S. The van der Waals surface area contributed by atoms with Gasteiger partial charge in [0.1, 0.15) is 0 Å². The molecule has 1 aliphatic rings. The predicted molar refractivity (Wildman–Crippen MR) is 76.8 cm³/mol. The van der Waals surface area contributed by atoms with E-state index in [-0.39, 0.29) is 5.75 Å². The Labute approximate surface area is 122 Å². The largest absolute Gasteiger partial charge is 0.347 e. The van der Waals surface area contributed by atoms with Crippen LogP contribution in [0.3, 0.4) is 0 Å². The van der Waals surface area contributed by atoms with Crippen molar-refractivity contribution in [2.75, 3.05) is 6.54 Å². The van der Waals surface area contributed by atoms with E-state index in [1.165, 1.54) is 4.31 Å². The maximum absolute atomic E-state index is 12.4. The van der Waals surface area contributed by atoms with E-state index in [4.69, 9.17) is 11.6 Å². The Morgan fingerprint density at radius 3 is 3.05 bits per heavy atom. The van der Waals surface area contributed by atoms with Crippen LogP contribution in [0.25, 0.3) is 0 Å². The number of sulfonamides is 1. The normalized spacial score (nSPS) is 16.1. The number of benzene rings is 1. The van der Waals surface area contributed by atoms with Crippen molar-refractivity contribution in [2.45, 2.75) is 18.7 Å². The number of aromatic amines is 1. The Kier molecular flexibility index (Phi) is 3.54. The standard InChI is InChI=1S/C13H14ClN3O2S/c14-11-3-1-2-10(6-11)8-20(18,19)17-5-4-12-13(7-17)16-9-15-12/h1-3,6,9H,4-5,7-8H2,(H,15,16). The molecular weight excluding hydrogens is 298 g/mol. The molecule has 1 N–H and O–H groups in total. The predicted octanol–water partition coefficient (Wildman–Crippen LogP) is 1.95. The van der Waals surface area contributed by atoms with Crippen LogP contribution in [0, 0.1) is 0 Å². The van der Waals surface area contributed by atoms with Crippen molar-refractivity contribution in [3.8, 4) is 0 Å². The van der Waals surface area contributed by atoms with Crippen molar-refractivity contribution < 1.29 is 8.42 Å². The third-order valence-corrected chi connectivity index (χ3v) is 5.40. The number of imidazole rings is 1. The van der Waals surface area contributed by atoms with E-state index in [9.17, 15) is 8.42 Å². The molecule has 0 atom stereocenters. The molecule has 106 valence electrons. The molecule has 0 bridgehead atoms. The molecule has 0 saturated heterocycles. The maximum Gasteiger partial charge on any atom is 0.218 e. The SMILES string of the molecule is O=S(=O)(Cc1cccc(Cl)c1)N1CCc2nc[nH]c2C1. The number of rotatable bonds is 3. The molecule has 0 fully saturated rings. The number of fused-ring (bicyclic) bond motifs is 1. The van der Waals surface area contributed by atoms with Crippen molar-refractivity contribution >= 4 is 21.6 Å². The van der Waals surface area contributed by atoms with E-state index in [0.29, 0.717) is 30.1 Å². The fourth-order valence-corrected chi connectivity index (χ4v) is 4.05. The Hall–Kier alpha value is -1.37. The summed E-state index contributed by atoms with van der Waals surface area (Å²) < 4.78 is 26.4. The van der Waals surface area contributed by atoms with Crippen LogP contribution in [0.15, 0.2) is 30.6 Å². The van der Waals surface area contributed by atoms with Gasteiger partial charge in [0.15, 0.2) is 0 Å². The molecule has 3 rings (SSSR count). The van der Waals surface area contributed by atoms with Crippen LogP contribution in [0.5, 0.6) is 0 Å². The average molecular weight is 312 g/mol. The lowest BCUT2D eigenvalue weighted by atomic mass is 10.2. The molecule has 7 heteroatoms. The first kappa shape index (κ1) is 13.6. The van der Waals surface area contributed by atoms with Gasteiger partial charge in [-0.25, -0.2) is 13.4 Å². The molecule has 5 nitrogen and oxygen atoms in total. The Balaban J connectivity index is 1.79. The molecule has 0 amide bonds. The first-order valence-corrected chi connectivity index (χ1v) is 8.27. The smallest absolute Gasteiger partial charge is 0.218 e. The van der Waals surface area contributed by atoms with Crippen LogP contribution >= 0.6 is 11.6 Å². The van der Waals surface area contributed by atoms with Crippen molar-refractivity contribution in [1.82, 2.24) is 14.3 Å². The molecule has 0 aliphatic carbocycles. The number of hydrogen-bond donors (Lipinski definition) is 1. The van der Waals surface area contributed by atoms with Crippen LogP contribution in [-0.2, 0) is 28.7 Å². The lowest BCUT2D eigenvalue weighted by Gasteiger charge is -2.25. The summed E-state index contributed by atoms with van der Waals surface area (Å²) in [6.07, 6.45) is 2.26. The highest BCUT2D eigenvalue weighted by molar-refractivity contribution is 7.88. The summed E-state index contributed by atoms with van der Waals surface area (Å²) in [7, 11) is -3.35. The number of halogens is 1. The van der Waals surface area contributed by atoms with Gasteiger partial charge in [0.25, 0.3) is 0 Å². The van der Waals surface area contributed by atoms with E-state index in [1.807, 2.05) is 0 Å². The topological polar surface area (TPSA) is 66.1 Å². The third kappa shape index (κ3) is 2.72. The van der Waals surface area contributed by atoms with Crippen LogP contribution in [0.4, 0.5) is 0 Å². The summed E-state index contributed by atoms with van der Waals surface area (Å²) >= 11 is 5.89. The van der Waals surface area contributed by atoms with E-state index >= 15 is 0 Å². The lowest BCUT2D eigenvalue weighted by Crippen LogP contribution is -2.36. The Bertz CT molecular complexity index is 727. The molecule has 0 spiro atoms. The minimum Gasteiger partial charge on any atom is -0.347 e. The second-order valence-electron chi connectivity index (χ2n) is 4.80. The van der Waals surface area contributed by atoms with Gasteiger partial charge in [-0.2, -0.15) is 4.31 Å². The van der Waals surface area contributed by atoms with Crippen LogP contribution in [-0.4, -0.2) is 29.2 Å². The highest BCUT2D eigenvalue weighted by Gasteiger charge is 2.28. The van der Waals surface area contributed by atoms with Crippen LogP contribution in [0.1, 0.15) is 17.0 Å². The molecule has 1 aromatic heterocycles. The molecule has 0 saturated carbocycles. The van der Waals surface area contributed by atoms with Gasteiger partial charge in [-0.05, 0) is 17.7 Å². The van der Waals surface area contributed by atoms with Gasteiger partial charge < -0.3 is 4.98 Å². The number of aromatic nitrogens is 2. The number of hydrogen-bond acceptors (Lipinski definition) is 3. The Morgan fingerprint density at radius 1 is 1.40 bits per heavy atom. The van der Waals surface area contributed by atoms with Gasteiger partial charge in [-0.1, -0.05) is 23.7 Å². The highest BCUT2D eigenvalue weighted by Crippen LogP contribution is 2.21. The van der Waals surface area contributed by atoms with Gasteiger partial charge >= 0.3 is 0 Å². The van der Waals surface area contributed by atoms with E-state index in [0.717, 1.165) is 11.4 Å². The van der Waals surface area contributed by atoms with Crippen LogP contribution < -0.4 is 0 Å². The van der Waals surface area contributed by atoms with Gasteiger partial charge in [0.2, 0.25) is 10.0 Å². The fourth-order valence-electron chi connectivity index (χ4n) is 2.35. The maximum atomic E-state index is 12.4. The molecule has 2 aromatic rings. The van der Waals surface area contributed by atoms with Gasteiger partial charge in [0.05, 0.1) is 30.0 Å². The van der Waals surface area contributed by atoms with Crippen molar-refractivity contribution in [3.63, 3.8) is 0 Å². The van der Waals surface area contributed by atoms with Crippen LogP contribution in [0.2, 0.25) is 5.02 Å². The number of nitrogens with one attached hydrogen (secondary N) is 1. The molecule has 1 aromatic carbocycles. The molecule has 1 aliphatic heterocycles. The first-order chi connectivity index (χ1) is 9.54. The van der Waals surface area contributed by atoms with Gasteiger partial charge in [-0.3, -0.25) is 0 Å². The summed E-state index contributed by atoms with van der Waals surface area (Å²) in [5.41, 5.74) is 2.54. The van der Waals surface area contributed by atoms with E-state index < -0.39 is 10.0 Å². The van der Waals surface area contributed by atoms with Gasteiger partial charge in [-0.15, -0.1) is 0 Å². The quantitative estimate of drug-likeness (QED) is 0.942. The Morgan fingerprint density at radius 2 is 2.25 bits per heavy atom. The van der Waals surface area contributed by atoms with Crippen molar-refractivity contribution in [2.24, 2.45) is 0 Å². The van der Waals surface area contributed by atoms with Gasteiger partial charge in [0, 0.05) is 18.0 Å². The summed E-state index contributed by atoms with van der Waals surface area (Å²) in [4.78, 5) is 7.17. The fraction of sp³-hybridized carbons (Fsp3) is 0.308. The summed E-state index contributed by atoms with van der Waals surface area (Å²) in [5.74, 6) is -0.0307. The molecule has 0 unspecified atom stereocenters. The zero-order valence-electron chi connectivity index (χ0n) is 10.7. The zero-order chi connectivity index (χ0) is 14.2.